The van der Waals surface area contributed by atoms with Crippen LogP contribution in [0.3, 0.4) is 0 Å². The van der Waals surface area contributed by atoms with Crippen molar-refractivity contribution in [3.63, 3.8) is 0 Å². The van der Waals surface area contributed by atoms with Crippen LogP contribution in [0.2, 0.25) is 0 Å². The SMILES string of the molecule is CCOCC1(CNC)CCCOC1. The average molecular weight is 187 g/mol. The van der Waals surface area contributed by atoms with Gasteiger partial charge in [0, 0.05) is 25.2 Å². The van der Waals surface area contributed by atoms with Crippen molar-refractivity contribution < 1.29 is 9.47 Å². The summed E-state index contributed by atoms with van der Waals surface area (Å²) in [5.41, 5.74) is 0.225. The summed E-state index contributed by atoms with van der Waals surface area (Å²) in [6.45, 7) is 6.41. The minimum absolute atomic E-state index is 0.225. The molecule has 13 heavy (non-hydrogen) atoms. The molecule has 0 saturated carbocycles. The lowest BCUT2D eigenvalue weighted by atomic mass is 9.83. The van der Waals surface area contributed by atoms with Gasteiger partial charge >= 0.3 is 0 Å². The maximum atomic E-state index is 5.52. The second-order valence-electron chi connectivity index (χ2n) is 3.82. The normalized spacial score (nSPS) is 29.1. The van der Waals surface area contributed by atoms with Gasteiger partial charge < -0.3 is 14.8 Å². The fourth-order valence-corrected chi connectivity index (χ4v) is 1.91. The molecule has 1 aliphatic rings. The smallest absolute Gasteiger partial charge is 0.0556 e. The molecule has 3 heteroatoms. The minimum atomic E-state index is 0.225. The van der Waals surface area contributed by atoms with Crippen molar-refractivity contribution in [2.24, 2.45) is 5.41 Å². The average Bonchev–Trinajstić information content (AvgIpc) is 2.17. The number of rotatable bonds is 5. The maximum absolute atomic E-state index is 5.52. The van der Waals surface area contributed by atoms with Gasteiger partial charge in [0.1, 0.15) is 0 Å². The Bertz CT molecular complexity index is 127. The Morgan fingerprint density at radius 2 is 2.38 bits per heavy atom. The Morgan fingerprint density at radius 3 is 2.92 bits per heavy atom. The topological polar surface area (TPSA) is 30.5 Å². The highest BCUT2D eigenvalue weighted by molar-refractivity contribution is 4.83. The van der Waals surface area contributed by atoms with E-state index in [0.717, 1.165) is 39.4 Å². The van der Waals surface area contributed by atoms with Crippen molar-refractivity contribution in [2.45, 2.75) is 19.8 Å². The second kappa shape index (κ2) is 5.58. The fourth-order valence-electron chi connectivity index (χ4n) is 1.91. The minimum Gasteiger partial charge on any atom is -0.381 e. The Morgan fingerprint density at radius 1 is 1.54 bits per heavy atom. The Kier molecular flexibility index (Phi) is 4.70. The summed E-state index contributed by atoms with van der Waals surface area (Å²) in [5, 5.41) is 3.23. The molecule has 0 amide bonds. The maximum Gasteiger partial charge on any atom is 0.0556 e. The van der Waals surface area contributed by atoms with Crippen LogP contribution in [-0.4, -0.2) is 40.0 Å². The first-order valence-corrected chi connectivity index (χ1v) is 5.13. The van der Waals surface area contributed by atoms with E-state index in [0.29, 0.717) is 0 Å². The number of hydrogen-bond acceptors (Lipinski definition) is 3. The molecule has 1 heterocycles. The summed E-state index contributed by atoms with van der Waals surface area (Å²) in [6.07, 6.45) is 2.38. The largest absolute Gasteiger partial charge is 0.381 e. The number of ether oxygens (including phenoxy) is 2. The van der Waals surface area contributed by atoms with E-state index < -0.39 is 0 Å². The summed E-state index contributed by atoms with van der Waals surface area (Å²) < 4.78 is 11.0. The molecule has 0 bridgehead atoms. The molecule has 1 saturated heterocycles. The van der Waals surface area contributed by atoms with E-state index in [-0.39, 0.29) is 5.41 Å². The van der Waals surface area contributed by atoms with Crippen LogP contribution in [-0.2, 0) is 9.47 Å². The first-order chi connectivity index (χ1) is 6.33. The van der Waals surface area contributed by atoms with Gasteiger partial charge in [0.2, 0.25) is 0 Å². The zero-order valence-corrected chi connectivity index (χ0v) is 8.77. The second-order valence-corrected chi connectivity index (χ2v) is 3.82. The molecule has 0 spiro atoms. The van der Waals surface area contributed by atoms with E-state index in [2.05, 4.69) is 5.32 Å². The summed E-state index contributed by atoms with van der Waals surface area (Å²) in [7, 11) is 1.99. The van der Waals surface area contributed by atoms with E-state index in [1.54, 1.807) is 0 Å². The van der Waals surface area contributed by atoms with Crippen molar-refractivity contribution >= 4 is 0 Å². The fraction of sp³-hybridized carbons (Fsp3) is 1.00. The zero-order valence-electron chi connectivity index (χ0n) is 8.77. The van der Waals surface area contributed by atoms with E-state index in [1.165, 1.54) is 6.42 Å². The van der Waals surface area contributed by atoms with Crippen LogP contribution in [0.15, 0.2) is 0 Å². The molecule has 1 rings (SSSR count). The summed E-state index contributed by atoms with van der Waals surface area (Å²) in [4.78, 5) is 0. The third-order valence-electron chi connectivity index (χ3n) is 2.57. The molecule has 1 fully saturated rings. The third kappa shape index (κ3) is 3.25. The van der Waals surface area contributed by atoms with Crippen molar-refractivity contribution in [3.8, 4) is 0 Å². The molecule has 0 aromatic heterocycles. The van der Waals surface area contributed by atoms with Crippen molar-refractivity contribution in [3.05, 3.63) is 0 Å². The van der Waals surface area contributed by atoms with Crippen LogP contribution in [0.1, 0.15) is 19.8 Å². The van der Waals surface area contributed by atoms with Gasteiger partial charge in [0.15, 0.2) is 0 Å². The molecule has 0 aromatic carbocycles. The zero-order chi connectivity index (χ0) is 9.57. The first-order valence-electron chi connectivity index (χ1n) is 5.13. The highest BCUT2D eigenvalue weighted by Gasteiger charge is 2.32. The molecular weight excluding hydrogens is 166 g/mol. The highest BCUT2D eigenvalue weighted by Crippen LogP contribution is 2.28. The number of hydrogen-bond donors (Lipinski definition) is 1. The summed E-state index contributed by atoms with van der Waals surface area (Å²) in [6, 6.07) is 0. The monoisotopic (exact) mass is 187 g/mol. The van der Waals surface area contributed by atoms with E-state index in [1.807, 2.05) is 14.0 Å². The molecule has 78 valence electrons. The quantitative estimate of drug-likeness (QED) is 0.697. The van der Waals surface area contributed by atoms with E-state index in [4.69, 9.17) is 9.47 Å². The number of nitrogens with one attached hydrogen (secondary N) is 1. The van der Waals surface area contributed by atoms with Gasteiger partial charge in [-0.3, -0.25) is 0 Å². The third-order valence-corrected chi connectivity index (χ3v) is 2.57. The van der Waals surface area contributed by atoms with Gasteiger partial charge in [-0.15, -0.1) is 0 Å². The Balaban J connectivity index is 2.40. The van der Waals surface area contributed by atoms with E-state index >= 15 is 0 Å². The van der Waals surface area contributed by atoms with Crippen molar-refractivity contribution in [2.75, 3.05) is 40.0 Å². The molecule has 1 N–H and O–H groups in total. The molecule has 0 aromatic rings. The van der Waals surface area contributed by atoms with Gasteiger partial charge in [-0.25, -0.2) is 0 Å². The van der Waals surface area contributed by atoms with Gasteiger partial charge in [-0.2, -0.15) is 0 Å². The van der Waals surface area contributed by atoms with Crippen LogP contribution in [0.25, 0.3) is 0 Å². The van der Waals surface area contributed by atoms with Crippen molar-refractivity contribution in [1.29, 1.82) is 0 Å². The van der Waals surface area contributed by atoms with E-state index in [9.17, 15) is 0 Å². The predicted molar refractivity (Wildman–Crippen MR) is 52.9 cm³/mol. The standard InChI is InChI=1S/C10H21NO2/c1-3-12-8-10(7-11-2)5-4-6-13-9-10/h11H,3-9H2,1-2H3. The summed E-state index contributed by atoms with van der Waals surface area (Å²) >= 11 is 0. The summed E-state index contributed by atoms with van der Waals surface area (Å²) in [5.74, 6) is 0. The lowest BCUT2D eigenvalue weighted by Gasteiger charge is -2.36. The molecule has 1 aliphatic heterocycles. The lowest BCUT2D eigenvalue weighted by Crippen LogP contribution is -2.43. The molecule has 3 nitrogen and oxygen atoms in total. The van der Waals surface area contributed by atoms with Crippen LogP contribution >= 0.6 is 0 Å². The van der Waals surface area contributed by atoms with Gasteiger partial charge in [-0.05, 0) is 26.8 Å². The van der Waals surface area contributed by atoms with Gasteiger partial charge in [0.25, 0.3) is 0 Å². The molecular formula is C10H21NO2. The first kappa shape index (κ1) is 11.0. The van der Waals surface area contributed by atoms with Crippen LogP contribution < -0.4 is 5.32 Å². The van der Waals surface area contributed by atoms with Crippen LogP contribution in [0.5, 0.6) is 0 Å². The molecule has 1 unspecified atom stereocenters. The molecule has 0 radical (unpaired) electrons. The van der Waals surface area contributed by atoms with Crippen molar-refractivity contribution in [1.82, 2.24) is 5.32 Å². The Hall–Kier alpha value is -0.120. The predicted octanol–water partition coefficient (Wildman–Crippen LogP) is 1.04. The lowest BCUT2D eigenvalue weighted by molar-refractivity contribution is -0.0550. The molecule has 0 aliphatic carbocycles. The highest BCUT2D eigenvalue weighted by atomic mass is 16.5. The van der Waals surface area contributed by atoms with Gasteiger partial charge in [-0.1, -0.05) is 0 Å². The van der Waals surface area contributed by atoms with Crippen LogP contribution in [0.4, 0.5) is 0 Å². The van der Waals surface area contributed by atoms with Crippen LogP contribution in [0, 0.1) is 5.41 Å². The van der Waals surface area contributed by atoms with Gasteiger partial charge in [0.05, 0.1) is 13.2 Å². The molecule has 1 atom stereocenters. The Labute approximate surface area is 80.8 Å².